The highest BCUT2D eigenvalue weighted by molar-refractivity contribution is 7.10. The molecular formula is C13H12O2S. The van der Waals surface area contributed by atoms with Crippen LogP contribution in [0.25, 0.3) is 0 Å². The molecule has 1 aliphatic heterocycles. The van der Waals surface area contributed by atoms with Crippen molar-refractivity contribution >= 4 is 11.3 Å². The van der Waals surface area contributed by atoms with Crippen LogP contribution in [0.5, 0.6) is 5.75 Å². The van der Waals surface area contributed by atoms with Gasteiger partial charge in [-0.2, -0.15) is 0 Å². The highest BCUT2D eigenvalue weighted by Gasteiger charge is 2.16. The number of rotatable bonds is 2. The number of ether oxygens (including phenoxy) is 1. The molecule has 0 saturated heterocycles. The van der Waals surface area contributed by atoms with Crippen molar-refractivity contribution in [3.05, 3.63) is 51.7 Å². The van der Waals surface area contributed by atoms with Gasteiger partial charge in [-0.05, 0) is 34.7 Å². The van der Waals surface area contributed by atoms with Crippen molar-refractivity contribution in [2.45, 2.75) is 12.5 Å². The second-order valence-electron chi connectivity index (χ2n) is 3.88. The summed E-state index contributed by atoms with van der Waals surface area (Å²) in [7, 11) is 0. The maximum absolute atomic E-state index is 10.2. The van der Waals surface area contributed by atoms with E-state index in [0.29, 0.717) is 0 Å². The van der Waals surface area contributed by atoms with Crippen LogP contribution in [0.1, 0.15) is 22.1 Å². The molecule has 82 valence electrons. The lowest BCUT2D eigenvalue weighted by Crippen LogP contribution is -1.97. The van der Waals surface area contributed by atoms with E-state index in [1.165, 1.54) is 5.56 Å². The van der Waals surface area contributed by atoms with Crippen LogP contribution in [0.3, 0.4) is 0 Å². The fourth-order valence-corrected chi connectivity index (χ4v) is 2.72. The molecule has 1 aromatic heterocycles. The smallest absolute Gasteiger partial charge is 0.122 e. The molecule has 2 nitrogen and oxygen atoms in total. The lowest BCUT2D eigenvalue weighted by atomic mass is 10.0. The summed E-state index contributed by atoms with van der Waals surface area (Å²) in [6, 6.07) is 9.86. The summed E-state index contributed by atoms with van der Waals surface area (Å²) < 4.78 is 5.44. The van der Waals surface area contributed by atoms with E-state index in [1.54, 1.807) is 11.3 Å². The van der Waals surface area contributed by atoms with Gasteiger partial charge in [-0.1, -0.05) is 12.1 Å². The molecule has 1 atom stereocenters. The van der Waals surface area contributed by atoms with Crippen LogP contribution in [-0.2, 0) is 6.42 Å². The van der Waals surface area contributed by atoms with Gasteiger partial charge in [0.1, 0.15) is 11.9 Å². The Morgan fingerprint density at radius 3 is 3.06 bits per heavy atom. The van der Waals surface area contributed by atoms with E-state index >= 15 is 0 Å². The summed E-state index contributed by atoms with van der Waals surface area (Å²) in [4.78, 5) is 0.985. The van der Waals surface area contributed by atoms with Gasteiger partial charge in [0.25, 0.3) is 0 Å². The molecule has 3 heteroatoms. The summed E-state index contributed by atoms with van der Waals surface area (Å²) in [6.45, 7) is 0.758. The third-order valence-corrected chi connectivity index (χ3v) is 3.77. The van der Waals surface area contributed by atoms with E-state index in [9.17, 15) is 5.11 Å². The van der Waals surface area contributed by atoms with Crippen LogP contribution in [0, 0.1) is 0 Å². The zero-order valence-electron chi connectivity index (χ0n) is 8.72. The summed E-state index contributed by atoms with van der Waals surface area (Å²) in [5.41, 5.74) is 2.15. The molecule has 2 heterocycles. The Morgan fingerprint density at radius 2 is 2.25 bits per heavy atom. The first kappa shape index (κ1) is 9.87. The maximum atomic E-state index is 10.2. The number of hydrogen-bond acceptors (Lipinski definition) is 3. The monoisotopic (exact) mass is 232 g/mol. The Labute approximate surface area is 98.1 Å². The van der Waals surface area contributed by atoms with E-state index in [-0.39, 0.29) is 0 Å². The van der Waals surface area contributed by atoms with Crippen LogP contribution in [0.4, 0.5) is 0 Å². The number of thiophene rings is 1. The van der Waals surface area contributed by atoms with Crippen molar-refractivity contribution in [1.29, 1.82) is 0 Å². The van der Waals surface area contributed by atoms with E-state index in [4.69, 9.17) is 4.74 Å². The van der Waals surface area contributed by atoms with Crippen LogP contribution in [-0.4, -0.2) is 11.7 Å². The van der Waals surface area contributed by atoms with Crippen molar-refractivity contribution in [2.24, 2.45) is 0 Å². The van der Waals surface area contributed by atoms with Crippen molar-refractivity contribution in [2.75, 3.05) is 6.61 Å². The minimum Gasteiger partial charge on any atom is -0.493 e. The van der Waals surface area contributed by atoms with Crippen LogP contribution < -0.4 is 4.74 Å². The number of aliphatic hydroxyl groups is 1. The number of hydrogen-bond donors (Lipinski definition) is 1. The molecule has 0 saturated carbocycles. The fraction of sp³-hybridized carbons (Fsp3) is 0.231. The molecule has 0 radical (unpaired) electrons. The normalized spacial score (nSPS) is 15.6. The third kappa shape index (κ3) is 1.62. The predicted molar refractivity (Wildman–Crippen MR) is 64.0 cm³/mol. The maximum Gasteiger partial charge on any atom is 0.122 e. The molecule has 2 aromatic rings. The first-order valence-corrected chi connectivity index (χ1v) is 6.19. The van der Waals surface area contributed by atoms with Gasteiger partial charge in [0.05, 0.1) is 6.61 Å². The second kappa shape index (κ2) is 3.92. The minimum absolute atomic E-state index is 0.508. The largest absolute Gasteiger partial charge is 0.493 e. The SMILES string of the molecule is OC(c1ccc2c(c1)CCO2)c1cccs1. The third-order valence-electron chi connectivity index (χ3n) is 2.84. The molecule has 1 unspecified atom stereocenters. The Morgan fingerprint density at radius 1 is 1.31 bits per heavy atom. The average Bonchev–Trinajstić information content (AvgIpc) is 2.98. The molecule has 1 N–H and O–H groups in total. The Hall–Kier alpha value is -1.32. The molecule has 0 aliphatic carbocycles. The standard InChI is InChI=1S/C13H12O2S/c14-13(12-2-1-7-16-12)10-3-4-11-9(8-10)5-6-15-11/h1-4,7-8,13-14H,5-6H2. The number of fused-ring (bicyclic) bond motifs is 1. The summed E-state index contributed by atoms with van der Waals surface area (Å²) in [6.07, 6.45) is 0.436. The van der Waals surface area contributed by atoms with Gasteiger partial charge in [-0.25, -0.2) is 0 Å². The van der Waals surface area contributed by atoms with Crippen molar-refractivity contribution in [3.8, 4) is 5.75 Å². The molecule has 3 rings (SSSR count). The van der Waals surface area contributed by atoms with Crippen molar-refractivity contribution < 1.29 is 9.84 Å². The number of aliphatic hydroxyl groups excluding tert-OH is 1. The quantitative estimate of drug-likeness (QED) is 0.862. The lowest BCUT2D eigenvalue weighted by Gasteiger charge is -2.10. The van der Waals surface area contributed by atoms with Gasteiger partial charge >= 0.3 is 0 Å². The fourth-order valence-electron chi connectivity index (χ4n) is 1.99. The van der Waals surface area contributed by atoms with Gasteiger partial charge < -0.3 is 9.84 Å². The molecular weight excluding hydrogens is 220 g/mol. The highest BCUT2D eigenvalue weighted by Crippen LogP contribution is 2.31. The summed E-state index contributed by atoms with van der Waals surface area (Å²) in [5, 5.41) is 12.2. The molecule has 16 heavy (non-hydrogen) atoms. The molecule has 0 amide bonds. The minimum atomic E-state index is -0.508. The predicted octanol–water partition coefficient (Wildman–Crippen LogP) is 2.76. The zero-order chi connectivity index (χ0) is 11.0. The van der Waals surface area contributed by atoms with Gasteiger partial charge in [0.15, 0.2) is 0 Å². The molecule has 1 aromatic carbocycles. The Balaban J connectivity index is 1.95. The first-order valence-electron chi connectivity index (χ1n) is 5.32. The van der Waals surface area contributed by atoms with Gasteiger partial charge in [-0.3, -0.25) is 0 Å². The zero-order valence-corrected chi connectivity index (χ0v) is 9.54. The summed E-state index contributed by atoms with van der Waals surface area (Å²) >= 11 is 1.58. The Bertz CT molecular complexity index is 491. The Kier molecular flexibility index (Phi) is 2.42. The highest BCUT2D eigenvalue weighted by atomic mass is 32.1. The van der Waals surface area contributed by atoms with E-state index < -0.39 is 6.10 Å². The van der Waals surface area contributed by atoms with Crippen LogP contribution in [0.15, 0.2) is 35.7 Å². The molecule has 1 aliphatic rings. The van der Waals surface area contributed by atoms with E-state index in [1.807, 2.05) is 35.7 Å². The average molecular weight is 232 g/mol. The number of benzene rings is 1. The molecule has 0 spiro atoms. The van der Waals surface area contributed by atoms with Crippen LogP contribution >= 0.6 is 11.3 Å². The van der Waals surface area contributed by atoms with Crippen LogP contribution in [0.2, 0.25) is 0 Å². The van der Waals surface area contributed by atoms with E-state index in [0.717, 1.165) is 29.2 Å². The van der Waals surface area contributed by atoms with Gasteiger partial charge in [0.2, 0.25) is 0 Å². The molecule has 0 fully saturated rings. The topological polar surface area (TPSA) is 29.5 Å². The van der Waals surface area contributed by atoms with E-state index in [2.05, 4.69) is 0 Å². The lowest BCUT2D eigenvalue weighted by molar-refractivity contribution is 0.224. The van der Waals surface area contributed by atoms with Gasteiger partial charge in [0, 0.05) is 11.3 Å². The second-order valence-corrected chi connectivity index (χ2v) is 4.86. The van der Waals surface area contributed by atoms with Crippen molar-refractivity contribution in [3.63, 3.8) is 0 Å². The van der Waals surface area contributed by atoms with Gasteiger partial charge in [-0.15, -0.1) is 11.3 Å². The molecule has 0 bridgehead atoms. The summed E-state index contributed by atoms with van der Waals surface area (Å²) in [5.74, 6) is 0.960. The first-order chi connectivity index (χ1) is 7.84. The van der Waals surface area contributed by atoms with Crippen molar-refractivity contribution in [1.82, 2.24) is 0 Å².